The predicted molar refractivity (Wildman–Crippen MR) is 156 cm³/mol. The third-order valence-corrected chi connectivity index (χ3v) is 8.61. The fourth-order valence-corrected chi connectivity index (χ4v) is 5.72. The Morgan fingerprint density at radius 1 is 1.12 bits per heavy atom. The Bertz CT molecular complexity index is 1810. The van der Waals surface area contributed by atoms with Gasteiger partial charge in [-0.1, -0.05) is 13.8 Å². The van der Waals surface area contributed by atoms with E-state index < -0.39 is 17.4 Å². The molecule has 5 rings (SSSR count). The second kappa shape index (κ2) is 12.4. The number of aryl methyl sites for hydroxylation is 1. The molecular formula is C30H31N6O6Tl. The molecule has 0 radical (unpaired) electrons. The van der Waals surface area contributed by atoms with Gasteiger partial charge < -0.3 is 18.7 Å². The van der Waals surface area contributed by atoms with Gasteiger partial charge in [0.2, 0.25) is 0 Å². The zero-order valence-electron chi connectivity index (χ0n) is 24.6. The summed E-state index contributed by atoms with van der Waals surface area (Å²) in [5, 5.41) is 23.1. The zero-order valence-corrected chi connectivity index (χ0v) is 29.1. The van der Waals surface area contributed by atoms with Gasteiger partial charge in [0.1, 0.15) is 5.60 Å². The Kier molecular flexibility index (Phi) is 8.78. The second-order valence-electron chi connectivity index (χ2n) is 10.8. The molecule has 13 heteroatoms. The number of rotatable bonds is 10. The number of nitrogens with zero attached hydrogens (tertiary/aromatic N) is 6. The Labute approximate surface area is 263 Å². The molecule has 3 aromatic heterocycles. The van der Waals surface area contributed by atoms with Gasteiger partial charge in [-0.2, -0.15) is 0 Å². The van der Waals surface area contributed by atoms with Gasteiger partial charge in [-0.25, -0.2) is 9.59 Å². The first kappa shape index (κ1) is 30.5. The first-order valence-electron chi connectivity index (χ1n) is 13.8. The number of imidazole rings is 1. The topological polar surface area (TPSA) is 151 Å². The van der Waals surface area contributed by atoms with Gasteiger partial charge in [-0.05, 0) is 27.2 Å². The monoisotopic (exact) mass is 776 g/mol. The van der Waals surface area contributed by atoms with Crippen LogP contribution in [0.25, 0.3) is 22.5 Å². The van der Waals surface area contributed by atoms with Gasteiger partial charge in [0.15, 0.2) is 18.1 Å². The molecule has 0 fully saturated rings. The van der Waals surface area contributed by atoms with Gasteiger partial charge in [0, 0.05) is 0 Å². The third kappa shape index (κ3) is 6.39. The minimum atomic E-state index is -1.42. The van der Waals surface area contributed by atoms with E-state index in [9.17, 15) is 14.7 Å². The first-order valence-corrected chi connectivity index (χ1v) is 15.8. The van der Waals surface area contributed by atoms with Crippen LogP contribution < -0.4 is 5.82 Å². The summed E-state index contributed by atoms with van der Waals surface area (Å²) in [4.78, 5) is 29.8. The fraction of sp³-hybridized carbons (Fsp3) is 0.333. The molecule has 0 bridgehead atoms. The number of ether oxygens (including phenoxy) is 1. The van der Waals surface area contributed by atoms with Crippen molar-refractivity contribution in [3.05, 3.63) is 93.4 Å². The maximum atomic E-state index is 13.6. The van der Waals surface area contributed by atoms with Gasteiger partial charge in [0.05, 0.1) is 0 Å². The third-order valence-electron chi connectivity index (χ3n) is 7.26. The molecule has 43 heavy (non-hydrogen) atoms. The standard InChI is InChI=1S/C30H31N6O6.Tl/c1-6-17(2)27-31-25(30(4,5)39)24(28(37)40-16-23-18(3)41-29(38)42-23)36(27)15-19-11-13-20(14-12-19)21-9-7-8-10-22(21)26-32-34-35-33-26;/h7-14,17,39H,6,15-16H2,1-5H3;/q-1;+1. The molecule has 5 aromatic rings. The summed E-state index contributed by atoms with van der Waals surface area (Å²) in [5.74, 6) is 0.162. The van der Waals surface area contributed by atoms with Crippen LogP contribution in [0, 0.1) is 6.92 Å². The Morgan fingerprint density at radius 3 is 2.40 bits per heavy atom. The van der Waals surface area contributed by atoms with Gasteiger partial charge in [-0.15, -0.1) is 0 Å². The van der Waals surface area contributed by atoms with Crippen molar-refractivity contribution in [2.24, 2.45) is 0 Å². The normalized spacial score (nSPS) is 12.4. The average molecular weight is 776 g/mol. The van der Waals surface area contributed by atoms with Gasteiger partial charge in [0.25, 0.3) is 0 Å². The molecule has 0 saturated heterocycles. The van der Waals surface area contributed by atoms with Gasteiger partial charge in [-0.3, -0.25) is 0 Å². The molecule has 220 valence electrons. The summed E-state index contributed by atoms with van der Waals surface area (Å²) in [5.41, 5.74) is 2.79. The molecule has 0 saturated carbocycles. The van der Waals surface area contributed by atoms with E-state index in [2.05, 4.69) is 15.5 Å². The molecular weight excluding hydrogens is 745 g/mol. The van der Waals surface area contributed by atoms with Crippen LogP contribution in [0.5, 0.6) is 0 Å². The minimum absolute atomic E-state index is 0.00722. The van der Waals surface area contributed by atoms with Crippen LogP contribution in [0.4, 0.5) is 0 Å². The van der Waals surface area contributed by atoms with Crippen LogP contribution in [0.15, 0.2) is 62.2 Å². The molecule has 1 unspecified atom stereocenters. The van der Waals surface area contributed by atoms with E-state index in [1.807, 2.05) is 66.9 Å². The number of hydrogen-bond donors (Lipinski definition) is 1. The zero-order chi connectivity index (χ0) is 30.9. The van der Waals surface area contributed by atoms with E-state index in [0.29, 0.717) is 38.4 Å². The SMILES string of the molecule is CCC(C)c1nc(C(C)(C)O)c(C(=O)OCc2oc(=O)oc2C)n1Cc1ccc(-c2ccccc2-c2nnn[n]2[Tl])cc1. The van der Waals surface area contributed by atoms with Gasteiger partial charge >= 0.3 is 172 Å². The van der Waals surface area contributed by atoms with Crippen molar-refractivity contribution >= 4 is 32.0 Å². The number of hydrogen-bond acceptors (Lipinski definition) is 10. The average Bonchev–Trinajstić information content (AvgIpc) is 3.67. The molecule has 0 aliphatic carbocycles. The quantitative estimate of drug-likeness (QED) is 0.162. The number of benzene rings is 2. The van der Waals surface area contributed by atoms with Crippen molar-refractivity contribution in [1.82, 2.24) is 27.6 Å². The van der Waals surface area contributed by atoms with E-state index in [0.717, 1.165) is 34.5 Å². The number of aromatic nitrogens is 6. The van der Waals surface area contributed by atoms with Crippen LogP contribution in [0.3, 0.4) is 0 Å². The summed E-state index contributed by atoms with van der Waals surface area (Å²) < 4.78 is 19.0. The van der Waals surface area contributed by atoms with Crippen molar-refractivity contribution in [3.63, 3.8) is 0 Å². The molecule has 0 spiro atoms. The van der Waals surface area contributed by atoms with Crippen LogP contribution in [0.1, 0.15) is 79.1 Å². The fourth-order valence-electron chi connectivity index (χ4n) is 4.80. The predicted octanol–water partition coefficient (Wildman–Crippen LogP) is 4.14. The Balaban J connectivity index is 1.51. The van der Waals surface area contributed by atoms with Crippen molar-refractivity contribution in [3.8, 4) is 22.5 Å². The molecule has 12 nitrogen and oxygen atoms in total. The van der Waals surface area contributed by atoms with Crippen molar-refractivity contribution < 1.29 is 23.5 Å². The van der Waals surface area contributed by atoms with E-state index in [1.54, 1.807) is 23.3 Å². The van der Waals surface area contributed by atoms with E-state index in [1.165, 1.54) is 0 Å². The number of esters is 1. The van der Waals surface area contributed by atoms with Crippen molar-refractivity contribution in [2.45, 2.75) is 65.7 Å². The second-order valence-corrected chi connectivity index (χ2v) is 12.7. The Morgan fingerprint density at radius 2 is 1.81 bits per heavy atom. The molecule has 0 aliphatic heterocycles. The number of carbonyl (C=O) groups excluding carboxylic acids is 1. The molecule has 1 N–H and O–H groups in total. The Hall–Kier alpha value is -3.92. The summed E-state index contributed by atoms with van der Waals surface area (Å²) in [6.45, 7) is 8.79. The first-order chi connectivity index (χ1) is 20.5. The molecule has 1 atom stereocenters. The summed E-state index contributed by atoms with van der Waals surface area (Å²) in [6.07, 6.45) is 0.770. The van der Waals surface area contributed by atoms with Crippen LogP contribution in [-0.2, 0) is 23.5 Å². The van der Waals surface area contributed by atoms with Crippen molar-refractivity contribution in [2.75, 3.05) is 0 Å². The number of carbonyl (C=O) groups is 1. The van der Waals surface area contributed by atoms with Crippen LogP contribution >= 0.6 is 0 Å². The van der Waals surface area contributed by atoms with E-state index in [4.69, 9.17) is 18.6 Å². The van der Waals surface area contributed by atoms with E-state index >= 15 is 0 Å². The molecule has 0 aliphatic rings. The maximum absolute atomic E-state index is 13.6. The molecule has 2 aromatic carbocycles. The number of tetrazole rings is 1. The summed E-state index contributed by atoms with van der Waals surface area (Å²) in [7, 11) is 0. The number of aliphatic hydroxyl groups is 1. The summed E-state index contributed by atoms with van der Waals surface area (Å²) in [6, 6.07) is 16.0. The van der Waals surface area contributed by atoms with Crippen molar-refractivity contribution in [1.29, 1.82) is 0 Å². The molecule has 0 amide bonds. The summed E-state index contributed by atoms with van der Waals surface area (Å²) >= 11 is 0.428. The molecule has 3 heterocycles. The van der Waals surface area contributed by atoms with Crippen LogP contribution in [-0.4, -0.2) is 64.7 Å². The van der Waals surface area contributed by atoms with E-state index in [-0.39, 0.29) is 35.4 Å². The van der Waals surface area contributed by atoms with Crippen LogP contribution in [0.2, 0.25) is 0 Å².